The largest absolute Gasteiger partial charge is 0.416 e. The molecule has 2 aliphatic heterocycles. The van der Waals surface area contributed by atoms with Crippen molar-refractivity contribution in [2.75, 3.05) is 42.7 Å². The first-order valence-electron chi connectivity index (χ1n) is 12.1. The zero-order chi connectivity index (χ0) is 26.3. The Morgan fingerprint density at radius 1 is 1.16 bits per heavy atom. The van der Waals surface area contributed by atoms with Crippen LogP contribution in [0.4, 0.5) is 36.3 Å². The van der Waals surface area contributed by atoms with E-state index >= 15 is 0 Å². The summed E-state index contributed by atoms with van der Waals surface area (Å²) >= 11 is 0. The molecule has 1 amide bonds. The van der Waals surface area contributed by atoms with Crippen LogP contribution in [0.3, 0.4) is 0 Å². The third-order valence-electron chi connectivity index (χ3n) is 6.86. The van der Waals surface area contributed by atoms with Gasteiger partial charge in [-0.1, -0.05) is 6.07 Å². The highest BCUT2D eigenvalue weighted by Crippen LogP contribution is 2.38. The van der Waals surface area contributed by atoms with Crippen molar-refractivity contribution in [3.8, 4) is 11.3 Å². The summed E-state index contributed by atoms with van der Waals surface area (Å²) in [7, 11) is 4.19. The lowest BCUT2D eigenvalue weighted by Crippen LogP contribution is -2.45. The van der Waals surface area contributed by atoms with Gasteiger partial charge in [0, 0.05) is 36.5 Å². The molecule has 2 aliphatic rings. The number of likely N-dealkylation sites (N-methyl/N-ethyl adjacent to an activating group) is 1. The third kappa shape index (κ3) is 5.22. The van der Waals surface area contributed by atoms with Crippen LogP contribution in [0, 0.1) is 6.92 Å². The maximum absolute atomic E-state index is 13.2. The van der Waals surface area contributed by atoms with E-state index in [4.69, 9.17) is 4.98 Å². The molecule has 194 valence electrons. The molecule has 4 heterocycles. The van der Waals surface area contributed by atoms with Gasteiger partial charge in [0.05, 0.1) is 34.7 Å². The van der Waals surface area contributed by atoms with Gasteiger partial charge < -0.3 is 20.4 Å². The number of piperidine rings is 1. The predicted octanol–water partition coefficient (Wildman–Crippen LogP) is 4.63. The first kappa shape index (κ1) is 24.9. The van der Waals surface area contributed by atoms with Gasteiger partial charge in [-0.2, -0.15) is 13.2 Å². The fourth-order valence-corrected chi connectivity index (χ4v) is 4.79. The number of benzene rings is 1. The van der Waals surface area contributed by atoms with Crippen LogP contribution in [0.25, 0.3) is 11.3 Å². The number of aryl methyl sites for hydroxylation is 1. The molecule has 1 fully saturated rings. The van der Waals surface area contributed by atoms with Gasteiger partial charge in [-0.05, 0) is 58.1 Å². The van der Waals surface area contributed by atoms with E-state index in [9.17, 15) is 18.0 Å². The summed E-state index contributed by atoms with van der Waals surface area (Å²) < 4.78 is 39.7. The molecule has 0 bridgehead atoms. The van der Waals surface area contributed by atoms with Crippen molar-refractivity contribution in [1.29, 1.82) is 0 Å². The average molecular weight is 512 g/mol. The van der Waals surface area contributed by atoms with Crippen molar-refractivity contribution in [3.63, 3.8) is 0 Å². The normalized spacial score (nSPS) is 17.6. The number of carbonyl (C=O) groups excluding carboxylic acids is 1. The number of hydrogen-bond acceptors (Lipinski definition) is 7. The summed E-state index contributed by atoms with van der Waals surface area (Å²) in [6.07, 6.45) is -0.755. The van der Waals surface area contributed by atoms with Crippen molar-refractivity contribution < 1.29 is 18.0 Å². The van der Waals surface area contributed by atoms with Crippen LogP contribution in [-0.2, 0) is 17.4 Å². The Hall–Kier alpha value is -3.73. The summed E-state index contributed by atoms with van der Waals surface area (Å²) in [4.78, 5) is 30.6. The molecule has 1 saturated heterocycles. The molecule has 37 heavy (non-hydrogen) atoms. The maximum atomic E-state index is 13.2. The van der Waals surface area contributed by atoms with Crippen LogP contribution < -0.4 is 15.5 Å². The number of nitrogens with one attached hydrogen (secondary N) is 2. The zero-order valence-electron chi connectivity index (χ0n) is 20.9. The predicted molar refractivity (Wildman–Crippen MR) is 136 cm³/mol. The Labute approximate surface area is 212 Å². The Morgan fingerprint density at radius 3 is 2.70 bits per heavy atom. The van der Waals surface area contributed by atoms with Crippen molar-refractivity contribution >= 4 is 29.0 Å². The van der Waals surface area contributed by atoms with Gasteiger partial charge in [-0.25, -0.2) is 15.0 Å². The molecular formula is C26H28F3N7O. The molecule has 1 aromatic carbocycles. The number of anilines is 4. The minimum Gasteiger partial charge on any atom is -0.355 e. The Morgan fingerprint density at radius 2 is 1.97 bits per heavy atom. The molecule has 0 saturated carbocycles. The molecular weight excluding hydrogens is 483 g/mol. The SMILES string of the molecule is Cc1nc(N2CCCC(N(C)C)C2)ccc1Nc1ncc2c(n1)-c1ccc(C(F)(F)F)cc1NC(=O)C2. The second-order valence-corrected chi connectivity index (χ2v) is 9.68. The maximum Gasteiger partial charge on any atom is 0.416 e. The number of halogens is 3. The van der Waals surface area contributed by atoms with Gasteiger partial charge in [-0.15, -0.1) is 0 Å². The van der Waals surface area contributed by atoms with Gasteiger partial charge >= 0.3 is 6.18 Å². The summed E-state index contributed by atoms with van der Waals surface area (Å²) in [6, 6.07) is 7.64. The second-order valence-electron chi connectivity index (χ2n) is 9.68. The van der Waals surface area contributed by atoms with Crippen molar-refractivity contribution in [2.24, 2.45) is 0 Å². The summed E-state index contributed by atoms with van der Waals surface area (Å²) in [5, 5.41) is 5.74. The first-order chi connectivity index (χ1) is 17.6. The van der Waals surface area contributed by atoms with E-state index < -0.39 is 17.6 Å². The molecule has 2 N–H and O–H groups in total. The number of aromatic nitrogens is 3. The Kier molecular flexibility index (Phi) is 6.49. The fraction of sp³-hybridized carbons (Fsp3) is 0.385. The lowest BCUT2D eigenvalue weighted by molar-refractivity contribution is -0.137. The molecule has 2 aromatic heterocycles. The van der Waals surface area contributed by atoms with E-state index in [1.54, 1.807) is 0 Å². The highest BCUT2D eigenvalue weighted by Gasteiger charge is 2.32. The topological polar surface area (TPSA) is 86.3 Å². The average Bonchev–Trinajstić information content (AvgIpc) is 2.99. The lowest BCUT2D eigenvalue weighted by atomic mass is 10.0. The minimum absolute atomic E-state index is 0.0370. The quantitative estimate of drug-likeness (QED) is 0.528. The number of fused-ring (bicyclic) bond motifs is 3. The van der Waals surface area contributed by atoms with E-state index in [1.165, 1.54) is 18.7 Å². The van der Waals surface area contributed by atoms with Gasteiger partial charge in [0.2, 0.25) is 11.9 Å². The molecule has 3 aromatic rings. The molecule has 0 spiro atoms. The van der Waals surface area contributed by atoms with Crippen LogP contribution in [-0.4, -0.2) is 59.0 Å². The monoisotopic (exact) mass is 511 g/mol. The van der Waals surface area contributed by atoms with Gasteiger partial charge in [0.1, 0.15) is 5.82 Å². The molecule has 5 rings (SSSR count). The van der Waals surface area contributed by atoms with Crippen LogP contribution in [0.15, 0.2) is 36.5 Å². The van der Waals surface area contributed by atoms with E-state index in [-0.39, 0.29) is 18.1 Å². The van der Waals surface area contributed by atoms with Crippen LogP contribution >= 0.6 is 0 Å². The van der Waals surface area contributed by atoms with Crippen LogP contribution in [0.5, 0.6) is 0 Å². The smallest absolute Gasteiger partial charge is 0.355 e. The fourth-order valence-electron chi connectivity index (χ4n) is 4.79. The number of hydrogen-bond donors (Lipinski definition) is 2. The molecule has 0 radical (unpaired) electrons. The molecule has 1 unspecified atom stereocenters. The highest BCUT2D eigenvalue weighted by atomic mass is 19.4. The number of carbonyl (C=O) groups is 1. The molecule has 11 heteroatoms. The third-order valence-corrected chi connectivity index (χ3v) is 6.86. The summed E-state index contributed by atoms with van der Waals surface area (Å²) in [5.74, 6) is 0.757. The van der Waals surface area contributed by atoms with Gasteiger partial charge in [-0.3, -0.25) is 4.79 Å². The minimum atomic E-state index is -4.52. The highest BCUT2D eigenvalue weighted by molar-refractivity contribution is 6.00. The Bertz CT molecular complexity index is 1340. The van der Waals surface area contributed by atoms with E-state index in [1.807, 2.05) is 19.1 Å². The standard InChI is InChI=1S/C26H28F3N7O/c1-15-20(8-9-22(31-15)36-10-4-5-18(14-36)35(2)3)33-25-30-13-16-11-23(37)32-21-12-17(26(27,28)29)6-7-19(21)24(16)34-25/h6-9,12-13,18H,4-5,10-11,14H2,1-3H3,(H,32,37)(H,30,33,34). The van der Waals surface area contributed by atoms with Gasteiger partial charge in [0.25, 0.3) is 0 Å². The van der Waals surface area contributed by atoms with Crippen molar-refractivity contribution in [1.82, 2.24) is 19.9 Å². The first-order valence-corrected chi connectivity index (χ1v) is 12.1. The molecule has 1 atom stereocenters. The van der Waals surface area contributed by atoms with E-state index in [0.29, 0.717) is 22.9 Å². The number of nitrogens with zero attached hydrogens (tertiary/aromatic N) is 5. The number of alkyl halides is 3. The molecule has 0 aliphatic carbocycles. The number of amides is 1. The van der Waals surface area contributed by atoms with E-state index in [0.717, 1.165) is 48.8 Å². The number of rotatable bonds is 4. The zero-order valence-corrected chi connectivity index (χ0v) is 20.9. The Balaban J connectivity index is 1.42. The summed E-state index contributed by atoms with van der Waals surface area (Å²) in [6.45, 7) is 3.78. The van der Waals surface area contributed by atoms with Crippen LogP contribution in [0.1, 0.15) is 29.7 Å². The van der Waals surface area contributed by atoms with Crippen LogP contribution in [0.2, 0.25) is 0 Å². The van der Waals surface area contributed by atoms with Gasteiger partial charge in [0.15, 0.2) is 0 Å². The van der Waals surface area contributed by atoms with E-state index in [2.05, 4.69) is 44.5 Å². The lowest BCUT2D eigenvalue weighted by Gasteiger charge is -2.37. The summed E-state index contributed by atoms with van der Waals surface area (Å²) in [5.41, 5.74) is 2.08. The van der Waals surface area contributed by atoms with Crippen molar-refractivity contribution in [3.05, 3.63) is 53.3 Å². The molecule has 8 nitrogen and oxygen atoms in total. The number of pyridine rings is 1. The van der Waals surface area contributed by atoms with Crippen molar-refractivity contribution in [2.45, 2.75) is 38.4 Å². The second kappa shape index (κ2) is 9.62.